The molecule has 0 rings (SSSR count). The Hall–Kier alpha value is -0.300. The number of hydrogen-bond donors (Lipinski definition) is 1. The zero-order chi connectivity index (χ0) is 9.56. The predicted octanol–water partition coefficient (Wildman–Crippen LogP) is 2.83. The van der Waals surface area contributed by atoms with Crippen molar-refractivity contribution < 1.29 is 0 Å². The van der Waals surface area contributed by atoms with Crippen LogP contribution in [0.25, 0.3) is 0 Å². The van der Waals surface area contributed by atoms with Gasteiger partial charge in [0, 0.05) is 6.54 Å². The summed E-state index contributed by atoms with van der Waals surface area (Å²) in [5.74, 6) is 1.34. The van der Waals surface area contributed by atoms with Crippen molar-refractivity contribution in [2.75, 3.05) is 13.1 Å². The molecule has 1 N–H and O–H groups in total. The number of hydrogen-bond acceptors (Lipinski definition) is 1. The van der Waals surface area contributed by atoms with Gasteiger partial charge in [-0.15, -0.1) is 0 Å². The molecule has 0 saturated heterocycles. The second kappa shape index (κ2) is 6.24. The first-order valence-corrected chi connectivity index (χ1v) is 4.95. The van der Waals surface area contributed by atoms with Gasteiger partial charge in [-0.25, -0.2) is 0 Å². The zero-order valence-electron chi connectivity index (χ0n) is 8.98. The van der Waals surface area contributed by atoms with Crippen LogP contribution in [0.2, 0.25) is 0 Å². The molecule has 0 aromatic carbocycles. The Morgan fingerprint density at radius 2 is 2.00 bits per heavy atom. The van der Waals surface area contributed by atoms with E-state index in [-0.39, 0.29) is 0 Å². The summed E-state index contributed by atoms with van der Waals surface area (Å²) in [5.41, 5.74) is 1.30. The van der Waals surface area contributed by atoms with Gasteiger partial charge in [-0.05, 0) is 31.7 Å². The molecular weight excluding hydrogens is 146 g/mol. The van der Waals surface area contributed by atoms with Crippen LogP contribution in [-0.2, 0) is 0 Å². The fourth-order valence-electron chi connectivity index (χ4n) is 1.41. The Morgan fingerprint density at radius 3 is 2.33 bits per heavy atom. The van der Waals surface area contributed by atoms with E-state index in [4.69, 9.17) is 0 Å². The third kappa shape index (κ3) is 4.55. The van der Waals surface area contributed by atoms with Crippen molar-refractivity contribution >= 4 is 0 Å². The van der Waals surface area contributed by atoms with Crippen molar-refractivity contribution in [1.82, 2.24) is 5.32 Å². The van der Waals surface area contributed by atoms with Gasteiger partial charge in [0.25, 0.3) is 0 Å². The van der Waals surface area contributed by atoms with Crippen molar-refractivity contribution in [3.05, 3.63) is 12.2 Å². The third-order valence-electron chi connectivity index (χ3n) is 2.23. The molecule has 72 valence electrons. The highest BCUT2D eigenvalue weighted by molar-refractivity contribution is 4.98. The largest absolute Gasteiger partial charge is 0.316 e. The zero-order valence-corrected chi connectivity index (χ0v) is 8.98. The highest BCUT2D eigenvalue weighted by atomic mass is 14.9. The molecule has 0 aliphatic heterocycles. The molecule has 0 bridgehead atoms. The third-order valence-corrected chi connectivity index (χ3v) is 2.23. The molecule has 0 amide bonds. The van der Waals surface area contributed by atoms with Crippen LogP contribution in [0, 0.1) is 11.8 Å². The summed E-state index contributed by atoms with van der Waals surface area (Å²) in [4.78, 5) is 0. The van der Waals surface area contributed by atoms with Crippen molar-refractivity contribution in [3.8, 4) is 0 Å². The minimum atomic E-state index is 0.636. The van der Waals surface area contributed by atoms with Crippen LogP contribution >= 0.6 is 0 Å². The molecule has 0 aromatic rings. The normalized spacial score (nSPS) is 13.4. The first-order chi connectivity index (χ1) is 5.59. The summed E-state index contributed by atoms with van der Waals surface area (Å²) in [6.45, 7) is 15.1. The van der Waals surface area contributed by atoms with Crippen LogP contribution in [0.4, 0.5) is 0 Å². The van der Waals surface area contributed by atoms with Crippen LogP contribution in [0.1, 0.15) is 34.1 Å². The lowest BCUT2D eigenvalue weighted by Crippen LogP contribution is -2.27. The van der Waals surface area contributed by atoms with Crippen LogP contribution in [0.5, 0.6) is 0 Å². The van der Waals surface area contributed by atoms with E-state index in [2.05, 4.69) is 39.6 Å². The molecule has 0 aromatic heterocycles. The minimum Gasteiger partial charge on any atom is -0.316 e. The van der Waals surface area contributed by atoms with E-state index in [1.807, 2.05) is 0 Å². The molecule has 0 radical (unpaired) electrons. The van der Waals surface area contributed by atoms with E-state index in [0.717, 1.165) is 13.1 Å². The smallest absolute Gasteiger partial charge is 0.00191 e. The maximum absolute atomic E-state index is 4.02. The summed E-state index contributed by atoms with van der Waals surface area (Å²) in [6.07, 6.45) is 1.21. The Bertz CT molecular complexity index is 127. The molecule has 1 atom stereocenters. The van der Waals surface area contributed by atoms with Crippen LogP contribution < -0.4 is 5.32 Å². The average Bonchev–Trinajstić information content (AvgIpc) is 1.96. The second-order valence-corrected chi connectivity index (χ2v) is 3.90. The van der Waals surface area contributed by atoms with Crippen LogP contribution in [-0.4, -0.2) is 13.1 Å². The summed E-state index contributed by atoms with van der Waals surface area (Å²) < 4.78 is 0. The monoisotopic (exact) mass is 169 g/mol. The van der Waals surface area contributed by atoms with Crippen molar-refractivity contribution in [3.63, 3.8) is 0 Å². The van der Waals surface area contributed by atoms with E-state index < -0.39 is 0 Å². The predicted molar refractivity (Wildman–Crippen MR) is 56.3 cm³/mol. The quantitative estimate of drug-likeness (QED) is 0.476. The van der Waals surface area contributed by atoms with E-state index in [1.54, 1.807) is 0 Å². The van der Waals surface area contributed by atoms with Gasteiger partial charge in [-0.1, -0.05) is 32.9 Å². The molecule has 0 fully saturated rings. The topological polar surface area (TPSA) is 12.0 Å². The van der Waals surface area contributed by atoms with Crippen molar-refractivity contribution in [2.24, 2.45) is 11.8 Å². The van der Waals surface area contributed by atoms with Gasteiger partial charge in [-0.2, -0.15) is 0 Å². The Morgan fingerprint density at radius 1 is 1.42 bits per heavy atom. The molecule has 12 heavy (non-hydrogen) atoms. The Labute approximate surface area is 77.2 Å². The lowest BCUT2D eigenvalue weighted by atomic mass is 9.90. The van der Waals surface area contributed by atoms with Gasteiger partial charge >= 0.3 is 0 Å². The van der Waals surface area contributed by atoms with E-state index in [9.17, 15) is 0 Å². The van der Waals surface area contributed by atoms with E-state index >= 15 is 0 Å². The summed E-state index contributed by atoms with van der Waals surface area (Å²) in [5, 5.41) is 3.44. The Kier molecular flexibility index (Phi) is 6.09. The Balaban J connectivity index is 3.72. The molecule has 1 unspecified atom stereocenters. The first-order valence-electron chi connectivity index (χ1n) is 4.95. The molecular formula is C11H23N. The van der Waals surface area contributed by atoms with E-state index in [0.29, 0.717) is 11.8 Å². The lowest BCUT2D eigenvalue weighted by molar-refractivity contribution is 0.415. The SMILES string of the molecule is C=C(C)C(CNCCC)C(C)C. The van der Waals surface area contributed by atoms with Crippen LogP contribution in [0.15, 0.2) is 12.2 Å². The minimum absolute atomic E-state index is 0.636. The number of rotatable bonds is 6. The standard InChI is InChI=1S/C11H23N/c1-6-7-12-8-11(9(2)3)10(4)5/h10-12H,2,6-8H2,1,3-5H3. The van der Waals surface area contributed by atoms with Gasteiger partial charge in [-0.3, -0.25) is 0 Å². The van der Waals surface area contributed by atoms with Crippen molar-refractivity contribution in [2.45, 2.75) is 34.1 Å². The van der Waals surface area contributed by atoms with Crippen LogP contribution in [0.3, 0.4) is 0 Å². The molecule has 0 saturated carbocycles. The molecule has 1 nitrogen and oxygen atoms in total. The highest BCUT2D eigenvalue weighted by Gasteiger charge is 2.12. The fourth-order valence-corrected chi connectivity index (χ4v) is 1.41. The van der Waals surface area contributed by atoms with Crippen molar-refractivity contribution in [1.29, 1.82) is 0 Å². The van der Waals surface area contributed by atoms with E-state index in [1.165, 1.54) is 12.0 Å². The maximum Gasteiger partial charge on any atom is 0.00191 e. The van der Waals surface area contributed by atoms with Gasteiger partial charge in [0.1, 0.15) is 0 Å². The highest BCUT2D eigenvalue weighted by Crippen LogP contribution is 2.17. The van der Waals surface area contributed by atoms with Gasteiger partial charge in [0.2, 0.25) is 0 Å². The molecule has 0 aliphatic rings. The van der Waals surface area contributed by atoms with Gasteiger partial charge in [0.05, 0.1) is 0 Å². The summed E-state index contributed by atoms with van der Waals surface area (Å²) in [6, 6.07) is 0. The molecule has 1 heteroatoms. The van der Waals surface area contributed by atoms with Gasteiger partial charge in [0.15, 0.2) is 0 Å². The first kappa shape index (κ1) is 11.7. The van der Waals surface area contributed by atoms with Gasteiger partial charge < -0.3 is 5.32 Å². The average molecular weight is 169 g/mol. The lowest BCUT2D eigenvalue weighted by Gasteiger charge is -2.21. The fraction of sp³-hybridized carbons (Fsp3) is 0.818. The molecule has 0 heterocycles. The summed E-state index contributed by atoms with van der Waals surface area (Å²) >= 11 is 0. The molecule has 0 spiro atoms. The maximum atomic E-state index is 4.02. The second-order valence-electron chi connectivity index (χ2n) is 3.90. The number of nitrogens with one attached hydrogen (secondary N) is 1. The summed E-state index contributed by atoms with van der Waals surface area (Å²) in [7, 11) is 0. The molecule has 0 aliphatic carbocycles.